The van der Waals surface area contributed by atoms with Crippen molar-refractivity contribution in [3.63, 3.8) is 0 Å². The van der Waals surface area contributed by atoms with E-state index in [9.17, 15) is 14.4 Å². The molecule has 0 aliphatic carbocycles. The van der Waals surface area contributed by atoms with Crippen LogP contribution in [0.15, 0.2) is 48.5 Å². The first-order chi connectivity index (χ1) is 12.8. The smallest absolute Gasteiger partial charge is 0.261 e. The Labute approximate surface area is 159 Å². The molecule has 140 valence electrons. The molecule has 0 atom stereocenters. The SMILES string of the molecule is CC(C)(C)c1ccc(NC(=O)CCCN2C(=O)c3ccccc3C2=O)cc1. The van der Waals surface area contributed by atoms with Crippen LogP contribution >= 0.6 is 0 Å². The summed E-state index contributed by atoms with van der Waals surface area (Å²) in [5, 5.41) is 2.86. The lowest BCUT2D eigenvalue weighted by molar-refractivity contribution is -0.116. The number of anilines is 1. The molecular formula is C22H24N2O3. The highest BCUT2D eigenvalue weighted by atomic mass is 16.2. The van der Waals surface area contributed by atoms with Crippen LogP contribution in [-0.4, -0.2) is 29.2 Å². The molecular weight excluding hydrogens is 340 g/mol. The second kappa shape index (κ2) is 7.35. The standard InChI is InChI=1S/C22H24N2O3/c1-22(2,3)15-10-12-16(13-11-15)23-19(25)9-6-14-24-20(26)17-7-4-5-8-18(17)21(24)27/h4-5,7-8,10-13H,6,9,14H2,1-3H3,(H,23,25). The van der Waals surface area contributed by atoms with Crippen LogP contribution in [0.5, 0.6) is 0 Å². The minimum atomic E-state index is -0.284. The molecule has 2 aromatic rings. The fourth-order valence-electron chi connectivity index (χ4n) is 3.12. The van der Waals surface area contributed by atoms with Gasteiger partial charge in [0.15, 0.2) is 0 Å². The summed E-state index contributed by atoms with van der Waals surface area (Å²) in [6.07, 6.45) is 0.672. The summed E-state index contributed by atoms with van der Waals surface area (Å²) in [5.74, 6) is -0.697. The van der Waals surface area contributed by atoms with Crippen LogP contribution < -0.4 is 5.32 Å². The van der Waals surface area contributed by atoms with Gasteiger partial charge < -0.3 is 5.32 Å². The minimum Gasteiger partial charge on any atom is -0.326 e. The minimum absolute atomic E-state index is 0.0644. The summed E-state index contributed by atoms with van der Waals surface area (Å²) in [4.78, 5) is 38.0. The monoisotopic (exact) mass is 364 g/mol. The number of carbonyl (C=O) groups is 3. The molecule has 5 heteroatoms. The van der Waals surface area contributed by atoms with Crippen molar-refractivity contribution in [2.75, 3.05) is 11.9 Å². The lowest BCUT2D eigenvalue weighted by Crippen LogP contribution is -2.31. The molecule has 0 aromatic heterocycles. The Bertz CT molecular complexity index is 844. The molecule has 27 heavy (non-hydrogen) atoms. The average Bonchev–Trinajstić information content (AvgIpc) is 2.87. The van der Waals surface area contributed by atoms with Crippen molar-refractivity contribution in [3.05, 3.63) is 65.2 Å². The number of benzene rings is 2. The van der Waals surface area contributed by atoms with Gasteiger partial charge in [0, 0.05) is 18.7 Å². The van der Waals surface area contributed by atoms with E-state index in [1.54, 1.807) is 24.3 Å². The number of nitrogens with zero attached hydrogens (tertiary/aromatic N) is 1. The number of hydrogen-bond acceptors (Lipinski definition) is 3. The normalized spacial score (nSPS) is 13.7. The zero-order valence-electron chi connectivity index (χ0n) is 15.9. The van der Waals surface area contributed by atoms with Crippen LogP contribution in [0.25, 0.3) is 0 Å². The van der Waals surface area contributed by atoms with E-state index in [1.165, 1.54) is 10.5 Å². The number of nitrogens with one attached hydrogen (secondary N) is 1. The lowest BCUT2D eigenvalue weighted by Gasteiger charge is -2.19. The first-order valence-corrected chi connectivity index (χ1v) is 9.13. The molecule has 0 saturated heterocycles. The second-order valence-corrected chi connectivity index (χ2v) is 7.79. The number of fused-ring (bicyclic) bond motifs is 1. The van der Waals surface area contributed by atoms with E-state index in [4.69, 9.17) is 0 Å². The van der Waals surface area contributed by atoms with Crippen LogP contribution in [-0.2, 0) is 10.2 Å². The molecule has 1 N–H and O–H groups in total. The van der Waals surface area contributed by atoms with E-state index in [0.717, 1.165) is 5.69 Å². The molecule has 5 nitrogen and oxygen atoms in total. The van der Waals surface area contributed by atoms with Crippen molar-refractivity contribution in [3.8, 4) is 0 Å². The fraction of sp³-hybridized carbons (Fsp3) is 0.318. The Kier molecular flexibility index (Phi) is 5.13. The third-order valence-corrected chi connectivity index (χ3v) is 4.70. The summed E-state index contributed by atoms with van der Waals surface area (Å²) in [5.41, 5.74) is 2.88. The fourth-order valence-corrected chi connectivity index (χ4v) is 3.12. The van der Waals surface area contributed by atoms with Gasteiger partial charge in [-0.25, -0.2) is 0 Å². The number of amides is 3. The molecule has 0 bridgehead atoms. The molecule has 1 aliphatic heterocycles. The van der Waals surface area contributed by atoms with E-state index in [2.05, 4.69) is 26.1 Å². The third-order valence-electron chi connectivity index (χ3n) is 4.70. The summed E-state index contributed by atoms with van der Waals surface area (Å²) in [6.45, 7) is 6.65. The third kappa shape index (κ3) is 4.08. The van der Waals surface area contributed by atoms with E-state index in [1.807, 2.05) is 24.3 Å². The summed E-state index contributed by atoms with van der Waals surface area (Å²) in [6, 6.07) is 14.6. The maximum atomic E-state index is 12.3. The Morgan fingerprint density at radius 3 is 2.00 bits per heavy atom. The molecule has 1 heterocycles. The predicted octanol–water partition coefficient (Wildman–Crippen LogP) is 4.00. The lowest BCUT2D eigenvalue weighted by atomic mass is 9.87. The zero-order valence-corrected chi connectivity index (χ0v) is 15.9. The van der Waals surface area contributed by atoms with E-state index in [0.29, 0.717) is 17.5 Å². The van der Waals surface area contributed by atoms with Gasteiger partial charge in [0.1, 0.15) is 0 Å². The van der Waals surface area contributed by atoms with Gasteiger partial charge in [-0.1, -0.05) is 45.0 Å². The quantitative estimate of drug-likeness (QED) is 0.816. The van der Waals surface area contributed by atoms with Gasteiger partial charge in [0.2, 0.25) is 5.91 Å². The van der Waals surface area contributed by atoms with Gasteiger partial charge in [0.25, 0.3) is 11.8 Å². The molecule has 2 aromatic carbocycles. The van der Waals surface area contributed by atoms with Crippen LogP contribution in [0, 0.1) is 0 Å². The van der Waals surface area contributed by atoms with Gasteiger partial charge in [-0.15, -0.1) is 0 Å². The molecule has 0 fully saturated rings. The first kappa shape index (κ1) is 18.8. The highest BCUT2D eigenvalue weighted by molar-refractivity contribution is 6.21. The predicted molar refractivity (Wildman–Crippen MR) is 105 cm³/mol. The highest BCUT2D eigenvalue weighted by Gasteiger charge is 2.34. The molecule has 1 aliphatic rings. The highest BCUT2D eigenvalue weighted by Crippen LogP contribution is 2.24. The molecule has 3 amide bonds. The average molecular weight is 364 g/mol. The largest absolute Gasteiger partial charge is 0.326 e. The van der Waals surface area contributed by atoms with E-state index in [-0.39, 0.29) is 36.1 Å². The van der Waals surface area contributed by atoms with Crippen molar-refractivity contribution in [1.29, 1.82) is 0 Å². The molecule has 0 saturated carbocycles. The molecule has 0 radical (unpaired) electrons. The van der Waals surface area contributed by atoms with Gasteiger partial charge in [0.05, 0.1) is 11.1 Å². The molecule has 3 rings (SSSR count). The van der Waals surface area contributed by atoms with Crippen LogP contribution in [0.2, 0.25) is 0 Å². The van der Waals surface area contributed by atoms with Gasteiger partial charge in [-0.05, 0) is 41.7 Å². The van der Waals surface area contributed by atoms with E-state index < -0.39 is 0 Å². The van der Waals surface area contributed by atoms with Crippen molar-refractivity contribution in [2.24, 2.45) is 0 Å². The van der Waals surface area contributed by atoms with Gasteiger partial charge in [-0.3, -0.25) is 19.3 Å². The first-order valence-electron chi connectivity index (χ1n) is 9.13. The number of imide groups is 1. The number of hydrogen-bond donors (Lipinski definition) is 1. The van der Waals surface area contributed by atoms with Crippen LogP contribution in [0.4, 0.5) is 5.69 Å². The van der Waals surface area contributed by atoms with Gasteiger partial charge >= 0.3 is 0 Å². The zero-order chi connectivity index (χ0) is 19.6. The maximum absolute atomic E-state index is 12.3. The van der Waals surface area contributed by atoms with Crippen LogP contribution in [0.1, 0.15) is 59.9 Å². The number of rotatable bonds is 5. The Balaban J connectivity index is 1.51. The van der Waals surface area contributed by atoms with Crippen molar-refractivity contribution >= 4 is 23.4 Å². The van der Waals surface area contributed by atoms with Crippen molar-refractivity contribution < 1.29 is 14.4 Å². The van der Waals surface area contributed by atoms with Gasteiger partial charge in [-0.2, -0.15) is 0 Å². The maximum Gasteiger partial charge on any atom is 0.261 e. The topological polar surface area (TPSA) is 66.5 Å². The number of carbonyl (C=O) groups excluding carboxylic acids is 3. The van der Waals surface area contributed by atoms with Crippen LogP contribution in [0.3, 0.4) is 0 Å². The van der Waals surface area contributed by atoms with Crippen molar-refractivity contribution in [2.45, 2.75) is 39.0 Å². The van der Waals surface area contributed by atoms with E-state index >= 15 is 0 Å². The Hall–Kier alpha value is -2.95. The van der Waals surface area contributed by atoms with Crippen molar-refractivity contribution in [1.82, 2.24) is 4.90 Å². The summed E-state index contributed by atoms with van der Waals surface area (Å²) >= 11 is 0. The second-order valence-electron chi connectivity index (χ2n) is 7.79. The Morgan fingerprint density at radius 1 is 0.926 bits per heavy atom. The molecule has 0 unspecified atom stereocenters. The molecule has 0 spiro atoms. The Morgan fingerprint density at radius 2 is 1.48 bits per heavy atom. The summed E-state index contributed by atoms with van der Waals surface area (Å²) < 4.78 is 0. The summed E-state index contributed by atoms with van der Waals surface area (Å²) in [7, 11) is 0.